The quantitative estimate of drug-likeness (QED) is 0.615. The summed E-state index contributed by atoms with van der Waals surface area (Å²) in [6.45, 7) is 0. The number of carboxylic acid groups (broad SMARTS) is 1. The summed E-state index contributed by atoms with van der Waals surface area (Å²) in [4.78, 5) is 10.3. The molecule has 1 aromatic carbocycles. The molecule has 0 aliphatic heterocycles. The number of hydrogen-bond acceptors (Lipinski definition) is 2. The van der Waals surface area contributed by atoms with E-state index in [-0.39, 0.29) is 9.93 Å². The van der Waals surface area contributed by atoms with Gasteiger partial charge in [-0.15, -0.1) is 0 Å². The van der Waals surface area contributed by atoms with Crippen LogP contribution in [0.25, 0.3) is 0 Å². The van der Waals surface area contributed by atoms with E-state index in [0.29, 0.717) is 5.56 Å². The Morgan fingerprint density at radius 3 is 2.07 bits per heavy atom. The fourth-order valence-electron chi connectivity index (χ4n) is 0.983. The topological polar surface area (TPSA) is 94.8 Å². The minimum atomic E-state index is -5.10. The first-order valence-corrected chi connectivity index (χ1v) is 8.36. The molecule has 0 radical (unpaired) electrons. The third-order valence-electron chi connectivity index (χ3n) is 1.63. The molecule has 6 heteroatoms. The third kappa shape index (κ3) is 3.18. The van der Waals surface area contributed by atoms with E-state index >= 15 is 0 Å². The normalized spacial score (nSPS) is 11.3. The summed E-state index contributed by atoms with van der Waals surface area (Å²) in [5.74, 6) is -0.971. The second-order valence-electron chi connectivity index (χ2n) is 2.78. The van der Waals surface area contributed by atoms with Crippen LogP contribution in [0.2, 0.25) is 0 Å². The first kappa shape index (κ1) is 11.3. The monoisotopic (exact) mass is 306 g/mol. The van der Waals surface area contributed by atoms with Crippen molar-refractivity contribution in [1.29, 1.82) is 0 Å². The Hall–Kier alpha value is -0.772. The van der Waals surface area contributed by atoms with E-state index in [1.54, 1.807) is 0 Å². The van der Waals surface area contributed by atoms with Crippen LogP contribution in [0.4, 0.5) is 0 Å². The van der Waals surface area contributed by atoms with Crippen molar-refractivity contribution >= 4 is 29.1 Å². The van der Waals surface area contributed by atoms with Crippen LogP contribution in [0.3, 0.4) is 0 Å². The van der Waals surface area contributed by atoms with Crippen molar-refractivity contribution in [3.05, 3.63) is 29.8 Å². The van der Waals surface area contributed by atoms with Crippen LogP contribution in [-0.4, -0.2) is 37.5 Å². The van der Waals surface area contributed by atoms with Gasteiger partial charge in [-0.2, -0.15) is 0 Å². The Bertz CT molecular complexity index is 377. The molecular weight excluding hydrogens is 298 g/mol. The Kier molecular flexibility index (Phi) is 3.37. The van der Waals surface area contributed by atoms with Gasteiger partial charge in [-0.1, -0.05) is 0 Å². The molecule has 76 valence electrons. The van der Waals surface area contributed by atoms with E-state index in [1.165, 1.54) is 24.3 Å². The van der Waals surface area contributed by atoms with Gasteiger partial charge in [0.2, 0.25) is 0 Å². The van der Waals surface area contributed by atoms with Crippen LogP contribution < -0.4 is 3.51 Å². The molecule has 0 atom stereocenters. The van der Waals surface area contributed by atoms with Crippen LogP contribution >= 0.6 is 0 Å². The van der Waals surface area contributed by atoms with Crippen molar-refractivity contribution in [1.82, 2.24) is 0 Å². The van der Waals surface area contributed by atoms with Crippen molar-refractivity contribution in [3.8, 4) is 0 Å². The number of carboxylic acids is 1. The number of carbonyl (C=O) groups is 1. The Morgan fingerprint density at radius 2 is 1.71 bits per heavy atom. The molecule has 0 fully saturated rings. The van der Waals surface area contributed by atoms with Gasteiger partial charge in [-0.25, -0.2) is 0 Å². The number of hydrogen-bond donors (Lipinski definition) is 3. The average Bonchev–Trinajstić information content (AvgIpc) is 2.02. The summed E-state index contributed by atoms with van der Waals surface area (Å²) in [7, 11) is 0. The first-order chi connectivity index (χ1) is 6.39. The predicted molar refractivity (Wildman–Crippen MR) is 48.3 cm³/mol. The third-order valence-corrected chi connectivity index (χ3v) is 4.40. The van der Waals surface area contributed by atoms with E-state index in [4.69, 9.17) is 11.9 Å². The van der Waals surface area contributed by atoms with Crippen LogP contribution in [-0.2, 0) is 14.2 Å². The molecule has 1 aromatic rings. The van der Waals surface area contributed by atoms with Crippen molar-refractivity contribution in [2.24, 2.45) is 0 Å². The molecule has 0 bridgehead atoms. The second kappa shape index (κ2) is 4.17. The van der Waals surface area contributed by atoms with Crippen molar-refractivity contribution in [3.63, 3.8) is 0 Å². The van der Waals surface area contributed by atoms with Crippen LogP contribution in [0.1, 0.15) is 5.56 Å². The maximum absolute atomic E-state index is 10.8. The zero-order chi connectivity index (χ0) is 10.8. The van der Waals surface area contributed by atoms with Gasteiger partial charge >= 0.3 is 85.1 Å². The Labute approximate surface area is 85.1 Å². The average molecular weight is 307 g/mol. The standard InChI is InChI=1S/C8H7O2.2H2O.O.Sb/c9-8(10)6-7-4-2-1-3-5-7;;;;/h2-5H,6H2,(H,9,10);2*1H2;;/q;;;;+2/p-2. The van der Waals surface area contributed by atoms with Gasteiger partial charge in [0.05, 0.1) is 0 Å². The van der Waals surface area contributed by atoms with Gasteiger partial charge in [0, 0.05) is 0 Å². The van der Waals surface area contributed by atoms with Gasteiger partial charge in [-0.3, -0.25) is 0 Å². The molecule has 0 aliphatic rings. The fourth-order valence-corrected chi connectivity index (χ4v) is 2.52. The van der Waals surface area contributed by atoms with E-state index < -0.39 is 25.6 Å². The van der Waals surface area contributed by atoms with E-state index in [0.717, 1.165) is 0 Å². The number of benzene rings is 1. The van der Waals surface area contributed by atoms with E-state index in [1.807, 2.05) is 0 Å². The minimum absolute atomic E-state index is 0.0161. The zero-order valence-corrected chi connectivity index (χ0v) is 9.67. The summed E-state index contributed by atoms with van der Waals surface area (Å²) < 4.78 is 28.5. The molecular formula is C8H9O5Sb. The molecule has 3 N–H and O–H groups in total. The van der Waals surface area contributed by atoms with Gasteiger partial charge in [0.25, 0.3) is 0 Å². The predicted octanol–water partition coefficient (Wildman–Crippen LogP) is -1.13. The Morgan fingerprint density at radius 1 is 1.21 bits per heavy atom. The molecule has 1 rings (SSSR count). The fraction of sp³-hybridized carbons (Fsp3) is 0.125. The van der Waals surface area contributed by atoms with E-state index in [2.05, 4.69) is 0 Å². The van der Waals surface area contributed by atoms with Gasteiger partial charge in [0.1, 0.15) is 0 Å². The van der Waals surface area contributed by atoms with Crippen molar-refractivity contribution in [2.45, 2.75) is 6.42 Å². The molecule has 5 nitrogen and oxygen atoms in total. The second-order valence-corrected chi connectivity index (χ2v) is 7.36. The molecule has 0 amide bonds. The first-order valence-electron chi connectivity index (χ1n) is 3.76. The van der Waals surface area contributed by atoms with Gasteiger partial charge in [-0.05, 0) is 0 Å². The Balaban J connectivity index is 2.89. The molecule has 0 unspecified atom stereocenters. The molecule has 0 saturated heterocycles. The molecule has 0 heterocycles. The van der Waals surface area contributed by atoms with Gasteiger partial charge < -0.3 is 0 Å². The number of aliphatic carboxylic acids is 1. The summed E-state index contributed by atoms with van der Waals surface area (Å²) in [6.07, 6.45) is -0.141. The van der Waals surface area contributed by atoms with E-state index in [9.17, 15) is 7.81 Å². The van der Waals surface area contributed by atoms with Crippen LogP contribution in [0, 0.1) is 0 Å². The zero-order valence-electron chi connectivity index (χ0n) is 7.12. The molecule has 0 aromatic heterocycles. The van der Waals surface area contributed by atoms with Crippen molar-refractivity contribution in [2.75, 3.05) is 0 Å². The van der Waals surface area contributed by atoms with Crippen LogP contribution in [0.5, 0.6) is 0 Å². The summed E-state index contributed by atoms with van der Waals surface area (Å²) >= 11 is -5.10. The maximum atomic E-state index is 10.8. The summed E-state index contributed by atoms with van der Waals surface area (Å²) in [5.41, 5.74) is 0.523. The molecule has 0 spiro atoms. The molecule has 0 saturated carbocycles. The summed E-state index contributed by atoms with van der Waals surface area (Å²) in [6, 6.07) is 5.38. The van der Waals surface area contributed by atoms with Crippen LogP contribution in [0.15, 0.2) is 24.3 Å². The SMILES string of the molecule is O=C(O)Cc1cc[c]([Sb](=[O])([OH])[OH])cc1. The number of rotatable bonds is 3. The molecule has 14 heavy (non-hydrogen) atoms. The van der Waals surface area contributed by atoms with Crippen molar-refractivity contribution < 1.29 is 19.7 Å². The summed E-state index contributed by atoms with van der Waals surface area (Å²) in [5, 5.41) is 8.45. The van der Waals surface area contributed by atoms with Gasteiger partial charge in [0.15, 0.2) is 0 Å². The molecule has 0 aliphatic carbocycles.